The zero-order valence-electron chi connectivity index (χ0n) is 34.7. The highest BCUT2D eigenvalue weighted by molar-refractivity contribution is 7.17. The van der Waals surface area contributed by atoms with E-state index in [-0.39, 0.29) is 43.9 Å². The number of aryl methyl sites for hydroxylation is 1. The van der Waals surface area contributed by atoms with Crippen LogP contribution in [0.25, 0.3) is 10.6 Å². The van der Waals surface area contributed by atoms with Crippen LogP contribution in [0, 0.1) is 6.92 Å². The van der Waals surface area contributed by atoms with E-state index < -0.39 is 61.1 Å². The van der Waals surface area contributed by atoms with Gasteiger partial charge in [0.1, 0.15) is 36.3 Å². The second-order valence-electron chi connectivity index (χ2n) is 13.8. The van der Waals surface area contributed by atoms with E-state index in [4.69, 9.17) is 54.2 Å². The number of nitrogens with zero attached hydrogens (tertiary/aromatic N) is 2. The van der Waals surface area contributed by atoms with Gasteiger partial charge in [0.2, 0.25) is 12.4 Å². The monoisotopic (exact) mass is 923 g/mol. The van der Waals surface area contributed by atoms with Crippen LogP contribution in [0.4, 0.5) is 20.1 Å². The molecule has 0 saturated carbocycles. The number of piperidine rings is 1. The highest BCUT2D eigenvalue weighted by Gasteiger charge is 2.57. The summed E-state index contributed by atoms with van der Waals surface area (Å²) in [6, 6.07) is 13.3. The quantitative estimate of drug-likeness (QED) is 0.0780. The summed E-state index contributed by atoms with van der Waals surface area (Å²) in [5, 5.41) is 4.40. The summed E-state index contributed by atoms with van der Waals surface area (Å²) in [5.74, 6) is -2.50. The van der Waals surface area contributed by atoms with Crippen LogP contribution in [0.1, 0.15) is 38.6 Å². The van der Waals surface area contributed by atoms with Crippen LogP contribution in [0.5, 0.6) is 0 Å². The molecule has 1 N–H and O–H groups in total. The number of ether oxygens (including phenoxy) is 9. The minimum atomic E-state index is -2.06. The second-order valence-corrected chi connectivity index (χ2v) is 15.2. The van der Waals surface area contributed by atoms with Crippen LogP contribution >= 0.6 is 22.9 Å². The van der Waals surface area contributed by atoms with Crippen molar-refractivity contribution in [2.45, 2.75) is 56.5 Å². The third-order valence-corrected chi connectivity index (χ3v) is 10.7. The Labute approximate surface area is 377 Å². The summed E-state index contributed by atoms with van der Waals surface area (Å²) in [7, 11) is 0. The number of carbonyl (C=O) groups is 6. The number of esters is 2. The summed E-state index contributed by atoms with van der Waals surface area (Å²) in [6.45, 7) is 15.3. The number of carbonyl (C=O) groups excluding carboxylic acids is 6. The predicted octanol–water partition coefficient (Wildman–Crippen LogP) is 6.91. The van der Waals surface area contributed by atoms with E-state index in [0.717, 1.165) is 5.56 Å². The summed E-state index contributed by atoms with van der Waals surface area (Å²) in [4.78, 5) is 86.7. The molecule has 5 rings (SSSR count). The van der Waals surface area contributed by atoms with Crippen molar-refractivity contribution in [1.29, 1.82) is 0 Å². The Morgan fingerprint density at radius 1 is 0.812 bits per heavy atom. The molecule has 2 fully saturated rings. The molecule has 2 aliphatic rings. The first-order chi connectivity index (χ1) is 30.8. The Morgan fingerprint density at radius 3 is 2.03 bits per heavy atom. The van der Waals surface area contributed by atoms with Gasteiger partial charge in [-0.2, -0.15) is 0 Å². The molecule has 0 bridgehead atoms. The van der Waals surface area contributed by atoms with Gasteiger partial charge >= 0.3 is 30.4 Å². The summed E-state index contributed by atoms with van der Waals surface area (Å²) >= 11 is 7.33. The molecule has 340 valence electrons. The van der Waals surface area contributed by atoms with Crippen molar-refractivity contribution >= 4 is 64.9 Å². The van der Waals surface area contributed by atoms with Crippen LogP contribution in [-0.4, -0.2) is 118 Å². The number of hydrogen-bond donors (Lipinski definition) is 1. The Kier molecular flexibility index (Phi) is 17.9. The van der Waals surface area contributed by atoms with Crippen molar-refractivity contribution in [2.75, 3.05) is 44.4 Å². The number of aromatic nitrogens is 1. The van der Waals surface area contributed by atoms with E-state index in [9.17, 15) is 28.8 Å². The van der Waals surface area contributed by atoms with Gasteiger partial charge in [-0.25, -0.2) is 29.0 Å². The second kappa shape index (κ2) is 23.7. The van der Waals surface area contributed by atoms with E-state index in [0.29, 0.717) is 52.2 Å². The van der Waals surface area contributed by atoms with Gasteiger partial charge in [-0.05, 0) is 50.1 Å². The van der Waals surface area contributed by atoms with Crippen molar-refractivity contribution in [1.82, 2.24) is 10.3 Å². The van der Waals surface area contributed by atoms with Crippen molar-refractivity contribution in [3.63, 3.8) is 0 Å². The first-order valence-electron chi connectivity index (χ1n) is 19.7. The zero-order chi connectivity index (χ0) is 46.2. The topological polar surface area (TPSA) is 214 Å². The maximum absolute atomic E-state index is 14.0. The molecule has 1 amide bonds. The average molecular weight is 924 g/mol. The Bertz CT molecular complexity index is 2200. The molecule has 0 aliphatic carbocycles. The lowest BCUT2D eigenvalue weighted by Gasteiger charge is -2.42. The average Bonchev–Trinajstić information content (AvgIpc) is 3.69. The standard InChI is InChI=1S/C44H46ClN3O15S/c1-6-20-55-40(51)34-32(60-42(52)56-21-7-2)33(61-43(53)57-22-8-3)35(62-44(54)58-23-9-4)41(59-34)63-39(50)28-12-10-14-31(24-28)48-19-11-13-30(25-48)47-37(49)36-26(5)46-38(64-36)27-15-17-29(45)18-16-27/h6-10,12,14-18,24,30,32-35,41H,1-4,11,13,19-23,25H2,5H3,(H,47,49)/t30-,32-,33-,34-,35+,41-/m0/s1. The summed E-state index contributed by atoms with van der Waals surface area (Å²) < 4.78 is 48.0. The fourth-order valence-corrected chi connectivity index (χ4v) is 7.53. The minimum absolute atomic E-state index is 0.0183. The molecule has 2 aliphatic heterocycles. The molecule has 2 aromatic carbocycles. The van der Waals surface area contributed by atoms with E-state index in [1.165, 1.54) is 47.8 Å². The highest BCUT2D eigenvalue weighted by Crippen LogP contribution is 2.33. The normalized spacial score (nSPS) is 20.2. The Balaban J connectivity index is 1.39. The van der Waals surface area contributed by atoms with Gasteiger partial charge in [0.05, 0.1) is 11.3 Å². The fourth-order valence-electron chi connectivity index (χ4n) is 6.43. The number of nitrogens with one attached hydrogen (secondary N) is 1. The maximum Gasteiger partial charge on any atom is 0.509 e. The van der Waals surface area contributed by atoms with Gasteiger partial charge in [-0.15, -0.1) is 11.3 Å². The number of halogens is 1. The van der Waals surface area contributed by atoms with Gasteiger partial charge in [0, 0.05) is 35.4 Å². The number of thiazole rings is 1. The van der Waals surface area contributed by atoms with Crippen LogP contribution in [0.2, 0.25) is 5.02 Å². The lowest BCUT2D eigenvalue weighted by atomic mass is 9.98. The molecular weight excluding hydrogens is 878 g/mol. The molecule has 0 spiro atoms. The number of benzene rings is 2. The molecule has 1 aromatic heterocycles. The third kappa shape index (κ3) is 13.2. The smallest absolute Gasteiger partial charge is 0.459 e. The number of hydrogen-bond acceptors (Lipinski definition) is 18. The van der Waals surface area contributed by atoms with E-state index in [1.807, 2.05) is 17.0 Å². The van der Waals surface area contributed by atoms with Crippen LogP contribution < -0.4 is 10.2 Å². The maximum atomic E-state index is 14.0. The first kappa shape index (κ1) is 48.3. The van der Waals surface area contributed by atoms with Crippen molar-refractivity contribution < 1.29 is 71.4 Å². The van der Waals surface area contributed by atoms with E-state index in [1.54, 1.807) is 31.2 Å². The number of rotatable bonds is 18. The Hall–Kier alpha value is -6.70. The number of amides is 1. The van der Waals surface area contributed by atoms with Crippen LogP contribution in [-0.2, 0) is 47.4 Å². The molecule has 0 unspecified atom stereocenters. The summed E-state index contributed by atoms with van der Waals surface area (Å²) in [6.07, 6.45) is -7.86. The molecular formula is C44H46ClN3O15S. The fraction of sp³-hybridized carbons (Fsp3) is 0.341. The lowest BCUT2D eigenvalue weighted by Crippen LogP contribution is -2.64. The molecule has 2 saturated heterocycles. The first-order valence-corrected chi connectivity index (χ1v) is 20.9. The molecule has 64 heavy (non-hydrogen) atoms. The van der Waals surface area contributed by atoms with Gasteiger partial charge in [-0.1, -0.05) is 80.4 Å². The van der Waals surface area contributed by atoms with Crippen LogP contribution in [0.15, 0.2) is 99.2 Å². The zero-order valence-corrected chi connectivity index (χ0v) is 36.3. The van der Waals surface area contributed by atoms with Gasteiger partial charge in [0.25, 0.3) is 5.91 Å². The van der Waals surface area contributed by atoms with Crippen molar-refractivity contribution in [3.8, 4) is 10.6 Å². The summed E-state index contributed by atoms with van der Waals surface area (Å²) in [5.41, 5.74) is 2.01. The van der Waals surface area contributed by atoms with E-state index >= 15 is 0 Å². The third-order valence-electron chi connectivity index (χ3n) is 9.25. The SMILES string of the molecule is C=CCOC(=O)O[C@@H]1[C@@H](OC(=O)OCC=C)[C@H](OC(=O)c2cccc(N3CCC[C@H](NC(=O)c4sc(-c5ccc(Cl)cc5)nc4C)C3)c2)O[C@H](C(=O)OCC=C)[C@H]1OC(=O)OCC=C. The largest absolute Gasteiger partial charge is 0.509 e. The molecule has 0 radical (unpaired) electrons. The highest BCUT2D eigenvalue weighted by atomic mass is 35.5. The predicted molar refractivity (Wildman–Crippen MR) is 231 cm³/mol. The molecule has 20 heteroatoms. The van der Waals surface area contributed by atoms with Crippen molar-refractivity contribution in [3.05, 3.63) is 120 Å². The molecule has 18 nitrogen and oxygen atoms in total. The van der Waals surface area contributed by atoms with Crippen LogP contribution in [0.3, 0.4) is 0 Å². The Morgan fingerprint density at radius 2 is 1.41 bits per heavy atom. The minimum Gasteiger partial charge on any atom is -0.459 e. The molecule has 3 heterocycles. The van der Waals surface area contributed by atoms with E-state index in [2.05, 4.69) is 36.6 Å². The van der Waals surface area contributed by atoms with Gasteiger partial charge < -0.3 is 52.8 Å². The lowest BCUT2D eigenvalue weighted by molar-refractivity contribution is -0.283. The molecule has 3 aromatic rings. The number of anilines is 1. The van der Waals surface area contributed by atoms with Crippen molar-refractivity contribution in [2.24, 2.45) is 0 Å². The van der Waals surface area contributed by atoms with Gasteiger partial charge in [0.15, 0.2) is 18.3 Å². The van der Waals surface area contributed by atoms with Gasteiger partial charge in [-0.3, -0.25) is 4.79 Å². The molecule has 6 atom stereocenters.